The quantitative estimate of drug-likeness (QED) is 0.410. The minimum atomic E-state index is -1.20. The third-order valence-corrected chi connectivity index (χ3v) is 4.73. The highest BCUT2D eigenvalue weighted by Crippen LogP contribution is 2.34. The Kier molecular flexibility index (Phi) is 7.60. The molecular weight excluding hydrogens is 340 g/mol. The molecule has 5 atom stereocenters. The lowest BCUT2D eigenvalue weighted by Gasteiger charge is -2.54. The summed E-state index contributed by atoms with van der Waals surface area (Å²) in [5.74, 6) is -0.410. The fourth-order valence-corrected chi connectivity index (χ4v) is 3.52. The molecule has 0 radical (unpaired) electrons. The monoisotopic (exact) mass is 370 g/mol. The zero-order valence-electron chi connectivity index (χ0n) is 15.4. The zero-order valence-corrected chi connectivity index (χ0v) is 15.4. The second-order valence-corrected chi connectivity index (χ2v) is 6.66. The summed E-state index contributed by atoms with van der Waals surface area (Å²) in [5, 5.41) is 39.4. The standard InChI is InChI=1S/C18H30N2O6/c1-3-7-19-9-12(5-6-13(23)10-21)20(8-4-2)15-17(25)16(24)14(11-22)26-18(15)19/h5-6,9,14-18,21-22,24-25H,3-4,7-8,10-11H2,1-2H3/b6-5+/t14-,15-,16-,17-,18+/m1/s1. The second kappa shape index (κ2) is 9.48. The molecular formula is C18H30N2O6. The maximum atomic E-state index is 11.5. The van der Waals surface area contributed by atoms with Gasteiger partial charge in [-0.1, -0.05) is 13.8 Å². The molecule has 8 heteroatoms. The summed E-state index contributed by atoms with van der Waals surface area (Å²) in [4.78, 5) is 15.3. The van der Waals surface area contributed by atoms with Crippen molar-refractivity contribution in [2.75, 3.05) is 26.3 Å². The average Bonchev–Trinajstić information content (AvgIpc) is 2.64. The molecule has 0 bridgehead atoms. The Bertz CT molecular complexity index is 538. The van der Waals surface area contributed by atoms with Crippen LogP contribution in [-0.4, -0.2) is 92.9 Å². The van der Waals surface area contributed by atoms with Gasteiger partial charge in [-0.2, -0.15) is 0 Å². The van der Waals surface area contributed by atoms with Crippen molar-refractivity contribution in [1.29, 1.82) is 0 Å². The summed E-state index contributed by atoms with van der Waals surface area (Å²) in [7, 11) is 0. The highest BCUT2D eigenvalue weighted by atomic mass is 16.5. The summed E-state index contributed by atoms with van der Waals surface area (Å²) in [5.41, 5.74) is 0.709. The molecule has 1 fully saturated rings. The van der Waals surface area contributed by atoms with Gasteiger partial charge in [0.25, 0.3) is 0 Å². The Balaban J connectivity index is 2.42. The number of carbonyl (C=O) groups excluding carboxylic acids is 1. The minimum Gasteiger partial charge on any atom is -0.394 e. The molecule has 2 aliphatic rings. The van der Waals surface area contributed by atoms with Gasteiger partial charge in [-0.25, -0.2) is 0 Å². The molecule has 0 aromatic heterocycles. The number of fused-ring (bicyclic) bond motifs is 1. The third-order valence-electron chi connectivity index (χ3n) is 4.73. The SMILES string of the molecule is CCCN1C=C(/C=C/C(=O)CO)N(CCC)[C@@H]2[C@@H](O)[C@H](O)[C@@H](CO)O[C@@H]21. The van der Waals surface area contributed by atoms with E-state index in [2.05, 4.69) is 0 Å². The molecule has 0 aromatic rings. The Morgan fingerprint density at radius 3 is 2.46 bits per heavy atom. The van der Waals surface area contributed by atoms with Crippen LogP contribution in [0.5, 0.6) is 0 Å². The van der Waals surface area contributed by atoms with Gasteiger partial charge in [-0.05, 0) is 25.0 Å². The Morgan fingerprint density at radius 2 is 1.88 bits per heavy atom. The van der Waals surface area contributed by atoms with Crippen molar-refractivity contribution in [3.8, 4) is 0 Å². The molecule has 0 spiro atoms. The van der Waals surface area contributed by atoms with Crippen molar-refractivity contribution in [3.63, 3.8) is 0 Å². The van der Waals surface area contributed by atoms with Crippen molar-refractivity contribution in [2.45, 2.75) is 57.3 Å². The number of nitrogens with zero attached hydrogens (tertiary/aromatic N) is 2. The maximum absolute atomic E-state index is 11.5. The van der Waals surface area contributed by atoms with Crippen LogP contribution in [0.2, 0.25) is 0 Å². The van der Waals surface area contributed by atoms with Crippen LogP contribution in [0.1, 0.15) is 26.7 Å². The smallest absolute Gasteiger partial charge is 0.181 e. The van der Waals surface area contributed by atoms with Gasteiger partial charge < -0.3 is 35.0 Å². The first-order valence-electron chi connectivity index (χ1n) is 9.16. The lowest BCUT2D eigenvalue weighted by molar-refractivity contribution is -0.246. The van der Waals surface area contributed by atoms with Gasteiger partial charge >= 0.3 is 0 Å². The molecule has 4 N–H and O–H groups in total. The molecule has 0 aromatic carbocycles. The number of rotatable bonds is 8. The van der Waals surface area contributed by atoms with Gasteiger partial charge in [0, 0.05) is 19.3 Å². The first kappa shape index (κ1) is 20.9. The predicted octanol–water partition coefficient (Wildman–Crippen LogP) is -0.809. The minimum absolute atomic E-state index is 0.378. The van der Waals surface area contributed by atoms with Crippen LogP contribution in [0.3, 0.4) is 0 Å². The Labute approximate surface area is 154 Å². The van der Waals surface area contributed by atoms with Crippen molar-refractivity contribution < 1.29 is 30.0 Å². The number of aliphatic hydroxyl groups excluding tert-OH is 4. The van der Waals surface area contributed by atoms with Crippen LogP contribution < -0.4 is 0 Å². The number of ether oxygens (including phenoxy) is 1. The van der Waals surface area contributed by atoms with Crippen molar-refractivity contribution in [2.24, 2.45) is 0 Å². The number of aliphatic hydroxyl groups is 4. The number of ketones is 1. The zero-order chi connectivity index (χ0) is 19.3. The normalized spacial score (nSPS) is 31.9. The molecule has 0 saturated carbocycles. The highest BCUT2D eigenvalue weighted by molar-refractivity contribution is 5.90. The highest BCUT2D eigenvalue weighted by Gasteiger charge is 2.50. The number of hydrogen-bond donors (Lipinski definition) is 4. The molecule has 2 rings (SSSR count). The predicted molar refractivity (Wildman–Crippen MR) is 94.9 cm³/mol. The lowest BCUT2D eigenvalue weighted by Crippen LogP contribution is -2.69. The molecule has 8 nitrogen and oxygen atoms in total. The molecule has 0 unspecified atom stereocenters. The van der Waals surface area contributed by atoms with Crippen molar-refractivity contribution in [1.82, 2.24) is 9.80 Å². The first-order chi connectivity index (χ1) is 12.5. The Morgan fingerprint density at radius 1 is 1.19 bits per heavy atom. The van der Waals surface area contributed by atoms with E-state index in [0.717, 1.165) is 12.8 Å². The number of carbonyl (C=O) groups is 1. The van der Waals surface area contributed by atoms with Gasteiger partial charge in [0.1, 0.15) is 31.0 Å². The van der Waals surface area contributed by atoms with Gasteiger partial charge in [0.15, 0.2) is 12.0 Å². The van der Waals surface area contributed by atoms with E-state index in [-0.39, 0.29) is 6.61 Å². The number of hydrogen-bond acceptors (Lipinski definition) is 8. The van der Waals surface area contributed by atoms with E-state index in [9.17, 15) is 20.1 Å². The molecule has 2 aliphatic heterocycles. The van der Waals surface area contributed by atoms with Crippen LogP contribution in [0.15, 0.2) is 24.0 Å². The van der Waals surface area contributed by atoms with E-state index < -0.39 is 43.0 Å². The summed E-state index contributed by atoms with van der Waals surface area (Å²) in [6.45, 7) is 4.33. The lowest BCUT2D eigenvalue weighted by atomic mass is 9.92. The molecule has 26 heavy (non-hydrogen) atoms. The fourth-order valence-electron chi connectivity index (χ4n) is 3.52. The number of allylic oxidation sites excluding steroid dienone is 1. The first-order valence-corrected chi connectivity index (χ1v) is 9.16. The van der Waals surface area contributed by atoms with E-state index >= 15 is 0 Å². The van der Waals surface area contributed by atoms with Crippen LogP contribution in [-0.2, 0) is 9.53 Å². The molecule has 2 heterocycles. The molecule has 148 valence electrons. The second-order valence-electron chi connectivity index (χ2n) is 6.66. The maximum Gasteiger partial charge on any atom is 0.181 e. The largest absolute Gasteiger partial charge is 0.394 e. The molecule has 0 amide bonds. The van der Waals surface area contributed by atoms with Crippen LogP contribution in [0.25, 0.3) is 0 Å². The third kappa shape index (κ3) is 4.27. The summed E-state index contributed by atoms with van der Waals surface area (Å²) >= 11 is 0. The van der Waals surface area contributed by atoms with E-state index in [1.54, 1.807) is 6.08 Å². The van der Waals surface area contributed by atoms with Crippen LogP contribution >= 0.6 is 0 Å². The summed E-state index contributed by atoms with van der Waals surface area (Å²) in [6.07, 6.45) is 2.74. The van der Waals surface area contributed by atoms with Crippen molar-refractivity contribution >= 4 is 5.78 Å². The molecule has 1 saturated heterocycles. The van der Waals surface area contributed by atoms with Gasteiger partial charge in [0.2, 0.25) is 0 Å². The van der Waals surface area contributed by atoms with E-state index in [1.807, 2.05) is 29.8 Å². The van der Waals surface area contributed by atoms with Gasteiger partial charge in [-0.15, -0.1) is 0 Å². The Hall–Kier alpha value is -1.45. The van der Waals surface area contributed by atoms with E-state index in [1.165, 1.54) is 6.08 Å². The topological polar surface area (TPSA) is 114 Å². The van der Waals surface area contributed by atoms with E-state index in [4.69, 9.17) is 9.84 Å². The van der Waals surface area contributed by atoms with Gasteiger partial charge in [0.05, 0.1) is 12.3 Å². The van der Waals surface area contributed by atoms with Crippen LogP contribution in [0.4, 0.5) is 0 Å². The summed E-state index contributed by atoms with van der Waals surface area (Å²) < 4.78 is 5.91. The van der Waals surface area contributed by atoms with E-state index in [0.29, 0.717) is 18.8 Å². The van der Waals surface area contributed by atoms with Crippen LogP contribution in [0, 0.1) is 0 Å². The summed E-state index contributed by atoms with van der Waals surface area (Å²) in [6, 6.07) is -0.534. The van der Waals surface area contributed by atoms with Crippen molar-refractivity contribution in [3.05, 3.63) is 24.0 Å². The average molecular weight is 370 g/mol. The fraction of sp³-hybridized carbons (Fsp3) is 0.722. The van der Waals surface area contributed by atoms with Gasteiger partial charge in [-0.3, -0.25) is 4.79 Å². The molecule has 0 aliphatic carbocycles.